The van der Waals surface area contributed by atoms with Gasteiger partial charge in [0.25, 0.3) is 5.91 Å². The molecular formula is C23H22FN7O2. The molecule has 1 saturated heterocycles. The number of piperazine rings is 1. The molecule has 1 aliphatic heterocycles. The Hall–Kier alpha value is -4.08. The van der Waals surface area contributed by atoms with Gasteiger partial charge in [-0.05, 0) is 37.3 Å². The number of carbonyl (C=O) groups is 1. The van der Waals surface area contributed by atoms with Gasteiger partial charge in [-0.2, -0.15) is 4.68 Å². The van der Waals surface area contributed by atoms with Crippen LogP contribution in [0.25, 0.3) is 16.9 Å². The van der Waals surface area contributed by atoms with Gasteiger partial charge in [0.2, 0.25) is 0 Å². The second kappa shape index (κ2) is 8.81. The highest BCUT2D eigenvalue weighted by Gasteiger charge is 2.28. The molecule has 0 bridgehead atoms. The number of benzene rings is 2. The summed E-state index contributed by atoms with van der Waals surface area (Å²) in [5.41, 5.74) is 1.56. The van der Waals surface area contributed by atoms with Crippen LogP contribution in [-0.2, 0) is 4.79 Å². The van der Waals surface area contributed by atoms with Crippen molar-refractivity contribution < 1.29 is 13.9 Å². The van der Waals surface area contributed by atoms with Gasteiger partial charge in [0.05, 0.1) is 5.69 Å². The van der Waals surface area contributed by atoms with Crippen molar-refractivity contribution in [2.75, 3.05) is 31.1 Å². The summed E-state index contributed by atoms with van der Waals surface area (Å²) in [7, 11) is 0. The molecule has 4 aromatic rings. The third-order valence-electron chi connectivity index (χ3n) is 5.57. The Kier molecular flexibility index (Phi) is 5.55. The topological polar surface area (TPSA) is 89.3 Å². The fourth-order valence-electron chi connectivity index (χ4n) is 3.90. The van der Waals surface area contributed by atoms with Crippen LogP contribution in [0.5, 0.6) is 5.75 Å². The standard InChI is InChI=1S/C23H22FN7O2/c1-16(33-19-8-3-2-4-9-19)23(32)30-12-10-29(11-13-30)21-20-22(26-15-25-21)31(28-27-20)18-7-5-6-17(24)14-18/h2-9,14-16H,10-13H2,1H3/t16-/m0/s1. The number of nitrogens with zero attached hydrogens (tertiary/aromatic N) is 7. The quantitative estimate of drug-likeness (QED) is 0.464. The van der Waals surface area contributed by atoms with Crippen molar-refractivity contribution >= 4 is 22.9 Å². The molecule has 5 rings (SSSR count). The van der Waals surface area contributed by atoms with E-state index in [0.29, 0.717) is 54.6 Å². The van der Waals surface area contributed by atoms with Crippen LogP contribution < -0.4 is 9.64 Å². The molecule has 0 saturated carbocycles. The summed E-state index contributed by atoms with van der Waals surface area (Å²) in [5.74, 6) is 0.894. The first-order chi connectivity index (χ1) is 16.1. The van der Waals surface area contributed by atoms with Gasteiger partial charge >= 0.3 is 0 Å². The maximum atomic E-state index is 13.7. The van der Waals surface area contributed by atoms with Crippen molar-refractivity contribution in [2.24, 2.45) is 0 Å². The Morgan fingerprint density at radius 1 is 1.03 bits per heavy atom. The zero-order valence-electron chi connectivity index (χ0n) is 18.0. The zero-order valence-corrected chi connectivity index (χ0v) is 18.0. The van der Waals surface area contributed by atoms with E-state index >= 15 is 0 Å². The number of aromatic nitrogens is 5. The SMILES string of the molecule is C[C@H](Oc1ccccc1)C(=O)N1CCN(c2ncnc3c2nnn3-c2cccc(F)c2)CC1. The number of halogens is 1. The summed E-state index contributed by atoms with van der Waals surface area (Å²) in [4.78, 5) is 25.4. The summed E-state index contributed by atoms with van der Waals surface area (Å²) < 4.78 is 20.9. The van der Waals surface area contributed by atoms with E-state index in [9.17, 15) is 9.18 Å². The third kappa shape index (κ3) is 4.19. The number of hydrogen-bond acceptors (Lipinski definition) is 7. The summed E-state index contributed by atoms with van der Waals surface area (Å²) in [6.07, 6.45) is 0.875. The first-order valence-electron chi connectivity index (χ1n) is 10.7. The number of hydrogen-bond donors (Lipinski definition) is 0. The van der Waals surface area contributed by atoms with Crippen LogP contribution in [0.1, 0.15) is 6.92 Å². The van der Waals surface area contributed by atoms with Crippen LogP contribution in [0.4, 0.5) is 10.2 Å². The second-order valence-electron chi connectivity index (χ2n) is 7.74. The van der Waals surface area contributed by atoms with Gasteiger partial charge < -0.3 is 14.5 Å². The van der Waals surface area contributed by atoms with Gasteiger partial charge in [0.1, 0.15) is 17.9 Å². The van der Waals surface area contributed by atoms with E-state index in [1.807, 2.05) is 30.3 Å². The predicted octanol–water partition coefficient (Wildman–Crippen LogP) is 2.47. The van der Waals surface area contributed by atoms with Crippen molar-refractivity contribution in [3.8, 4) is 11.4 Å². The highest BCUT2D eigenvalue weighted by atomic mass is 19.1. The maximum Gasteiger partial charge on any atom is 0.263 e. The Morgan fingerprint density at radius 2 is 1.82 bits per heavy atom. The smallest absolute Gasteiger partial charge is 0.263 e. The van der Waals surface area contributed by atoms with E-state index in [2.05, 4.69) is 25.2 Å². The van der Waals surface area contributed by atoms with E-state index in [4.69, 9.17) is 4.74 Å². The Morgan fingerprint density at radius 3 is 2.58 bits per heavy atom. The normalized spacial score (nSPS) is 15.0. The minimum absolute atomic E-state index is 0.0524. The second-order valence-corrected chi connectivity index (χ2v) is 7.74. The molecule has 1 aliphatic rings. The van der Waals surface area contributed by atoms with Gasteiger partial charge in [0, 0.05) is 26.2 Å². The largest absolute Gasteiger partial charge is 0.481 e. The lowest BCUT2D eigenvalue weighted by Gasteiger charge is -2.36. The Bertz CT molecular complexity index is 1270. The molecule has 0 N–H and O–H groups in total. The van der Waals surface area contributed by atoms with E-state index in [-0.39, 0.29) is 11.7 Å². The molecular weight excluding hydrogens is 425 g/mol. The van der Waals surface area contributed by atoms with Crippen molar-refractivity contribution in [3.63, 3.8) is 0 Å². The fourth-order valence-corrected chi connectivity index (χ4v) is 3.90. The molecule has 2 aromatic carbocycles. The van der Waals surface area contributed by atoms with E-state index in [1.165, 1.54) is 23.1 Å². The van der Waals surface area contributed by atoms with Crippen LogP contribution in [-0.4, -0.2) is 68.1 Å². The number of para-hydroxylation sites is 1. The van der Waals surface area contributed by atoms with Crippen molar-refractivity contribution in [1.29, 1.82) is 0 Å². The zero-order chi connectivity index (χ0) is 22.8. The van der Waals surface area contributed by atoms with Crippen molar-refractivity contribution in [2.45, 2.75) is 13.0 Å². The monoisotopic (exact) mass is 447 g/mol. The van der Waals surface area contributed by atoms with Crippen LogP contribution >= 0.6 is 0 Å². The van der Waals surface area contributed by atoms with Crippen LogP contribution in [0.15, 0.2) is 60.9 Å². The summed E-state index contributed by atoms with van der Waals surface area (Å²) in [6.45, 7) is 4.00. The van der Waals surface area contributed by atoms with Gasteiger partial charge in [-0.15, -0.1) is 5.10 Å². The lowest BCUT2D eigenvalue weighted by atomic mass is 10.2. The molecule has 3 heterocycles. The predicted molar refractivity (Wildman–Crippen MR) is 120 cm³/mol. The minimum Gasteiger partial charge on any atom is -0.481 e. The highest BCUT2D eigenvalue weighted by molar-refractivity contribution is 5.84. The average Bonchev–Trinajstić information content (AvgIpc) is 3.29. The first-order valence-corrected chi connectivity index (χ1v) is 10.7. The minimum atomic E-state index is -0.573. The molecule has 1 amide bonds. The molecule has 9 nitrogen and oxygen atoms in total. The average molecular weight is 447 g/mol. The summed E-state index contributed by atoms with van der Waals surface area (Å²) in [6, 6.07) is 15.4. The van der Waals surface area contributed by atoms with Crippen molar-refractivity contribution in [3.05, 3.63) is 66.7 Å². The molecule has 2 aromatic heterocycles. The van der Waals surface area contributed by atoms with Gasteiger partial charge in [-0.1, -0.05) is 29.5 Å². The van der Waals surface area contributed by atoms with E-state index in [0.717, 1.165) is 0 Å². The van der Waals surface area contributed by atoms with Gasteiger partial charge in [0.15, 0.2) is 23.1 Å². The first kappa shape index (κ1) is 20.8. The lowest BCUT2D eigenvalue weighted by molar-refractivity contribution is -0.138. The third-order valence-corrected chi connectivity index (χ3v) is 5.57. The number of carbonyl (C=O) groups excluding carboxylic acids is 1. The molecule has 168 valence electrons. The molecule has 1 atom stereocenters. The number of fused-ring (bicyclic) bond motifs is 1. The molecule has 0 aliphatic carbocycles. The summed E-state index contributed by atoms with van der Waals surface area (Å²) >= 11 is 0. The van der Waals surface area contributed by atoms with Crippen LogP contribution in [0, 0.1) is 5.82 Å². The highest BCUT2D eigenvalue weighted by Crippen LogP contribution is 2.24. The molecule has 10 heteroatoms. The fraction of sp³-hybridized carbons (Fsp3) is 0.261. The molecule has 0 radical (unpaired) electrons. The number of rotatable bonds is 5. The van der Waals surface area contributed by atoms with E-state index < -0.39 is 6.10 Å². The molecule has 0 spiro atoms. The molecule has 1 fully saturated rings. The number of anilines is 1. The maximum absolute atomic E-state index is 13.7. The Balaban J connectivity index is 1.29. The van der Waals surface area contributed by atoms with Gasteiger partial charge in [-0.3, -0.25) is 4.79 Å². The Labute approximate surface area is 189 Å². The van der Waals surface area contributed by atoms with Gasteiger partial charge in [-0.25, -0.2) is 14.4 Å². The van der Waals surface area contributed by atoms with E-state index in [1.54, 1.807) is 24.0 Å². The van der Waals surface area contributed by atoms with Crippen LogP contribution in [0.3, 0.4) is 0 Å². The molecule has 0 unspecified atom stereocenters. The lowest BCUT2D eigenvalue weighted by Crippen LogP contribution is -2.52. The number of ether oxygens (including phenoxy) is 1. The van der Waals surface area contributed by atoms with Crippen LogP contribution in [0.2, 0.25) is 0 Å². The summed E-state index contributed by atoms with van der Waals surface area (Å²) in [5, 5.41) is 8.41. The number of amides is 1. The molecule has 33 heavy (non-hydrogen) atoms. The van der Waals surface area contributed by atoms with Crippen molar-refractivity contribution in [1.82, 2.24) is 29.9 Å².